The molecule has 1 saturated carbocycles. The molecule has 0 aromatic heterocycles. The molecular weight excluding hydrogens is 352 g/mol. The van der Waals surface area contributed by atoms with E-state index in [0.717, 1.165) is 55.3 Å². The second-order valence-corrected chi connectivity index (χ2v) is 7.66. The summed E-state index contributed by atoms with van der Waals surface area (Å²) < 4.78 is 1.07. The molecule has 4 heteroatoms. The number of benzene rings is 1. The summed E-state index contributed by atoms with van der Waals surface area (Å²) in [6.45, 7) is 2.84. The topological polar surface area (TPSA) is 32.7 Å². The smallest absolute Gasteiger partial charge is 0.256 e. The summed E-state index contributed by atoms with van der Waals surface area (Å²) in [5.41, 5.74) is 0.732. The van der Waals surface area contributed by atoms with Crippen molar-refractivity contribution in [2.75, 3.05) is 0 Å². The average Bonchev–Trinajstić information content (AvgIpc) is 2.81. The summed E-state index contributed by atoms with van der Waals surface area (Å²) in [5.74, 6) is 1.26. The van der Waals surface area contributed by atoms with E-state index in [2.05, 4.69) is 35.0 Å². The van der Waals surface area contributed by atoms with Crippen LogP contribution in [0.2, 0.25) is 0 Å². The van der Waals surface area contributed by atoms with Crippen molar-refractivity contribution in [1.29, 1.82) is 0 Å². The number of hydrogen-bond acceptors (Lipinski definition) is 2. The van der Waals surface area contributed by atoms with Gasteiger partial charge >= 0.3 is 0 Å². The molecule has 0 atom stereocenters. The Kier molecular flexibility index (Phi) is 5.20. The number of amidine groups is 1. The summed E-state index contributed by atoms with van der Waals surface area (Å²) in [4.78, 5) is 20.1. The number of carbonyl (C=O) groups is 1. The highest BCUT2D eigenvalue weighted by Crippen LogP contribution is 2.38. The van der Waals surface area contributed by atoms with Gasteiger partial charge in [0.1, 0.15) is 11.4 Å². The van der Waals surface area contributed by atoms with Crippen molar-refractivity contribution < 1.29 is 4.79 Å². The maximum absolute atomic E-state index is 13.1. The lowest BCUT2D eigenvalue weighted by molar-refractivity contribution is -0.132. The number of nitrogens with zero attached hydrogens (tertiary/aromatic N) is 2. The molecule has 1 aliphatic heterocycles. The van der Waals surface area contributed by atoms with Crippen LogP contribution in [-0.4, -0.2) is 22.2 Å². The van der Waals surface area contributed by atoms with Crippen LogP contribution in [0, 0.1) is 0 Å². The van der Waals surface area contributed by atoms with Gasteiger partial charge in [-0.25, -0.2) is 0 Å². The van der Waals surface area contributed by atoms with Gasteiger partial charge < -0.3 is 0 Å². The zero-order valence-corrected chi connectivity index (χ0v) is 15.4. The Hall–Kier alpha value is -1.16. The lowest BCUT2D eigenvalue weighted by Crippen LogP contribution is -2.43. The molecule has 3 rings (SSSR count). The first kappa shape index (κ1) is 16.7. The second kappa shape index (κ2) is 7.16. The van der Waals surface area contributed by atoms with Gasteiger partial charge in [-0.2, -0.15) is 0 Å². The molecule has 124 valence electrons. The second-order valence-electron chi connectivity index (χ2n) is 6.74. The van der Waals surface area contributed by atoms with Gasteiger partial charge in [0.2, 0.25) is 0 Å². The van der Waals surface area contributed by atoms with Gasteiger partial charge in [-0.1, -0.05) is 60.7 Å². The average molecular weight is 377 g/mol. The van der Waals surface area contributed by atoms with Crippen LogP contribution in [0.3, 0.4) is 0 Å². The van der Waals surface area contributed by atoms with Crippen molar-refractivity contribution in [2.24, 2.45) is 4.99 Å². The number of hydrogen-bond donors (Lipinski definition) is 0. The van der Waals surface area contributed by atoms with Crippen LogP contribution in [-0.2, 0) is 11.3 Å². The van der Waals surface area contributed by atoms with Gasteiger partial charge in [0.05, 0.1) is 6.54 Å². The van der Waals surface area contributed by atoms with E-state index >= 15 is 0 Å². The minimum Gasteiger partial charge on any atom is -0.294 e. The lowest BCUT2D eigenvalue weighted by atomic mass is 9.82. The predicted octanol–water partition coefficient (Wildman–Crippen LogP) is 5.08. The predicted molar refractivity (Wildman–Crippen MR) is 97.5 cm³/mol. The first-order valence-corrected chi connectivity index (χ1v) is 9.59. The van der Waals surface area contributed by atoms with Gasteiger partial charge in [-0.15, -0.1) is 0 Å². The SMILES string of the molecule is CCCCC1=NC2(CCCCC2)C(=O)N1Cc1ccc(Br)cc1. The minimum atomic E-state index is -0.434. The zero-order chi connectivity index (χ0) is 16.3. The van der Waals surface area contributed by atoms with Crippen molar-refractivity contribution in [3.8, 4) is 0 Å². The number of halogens is 1. The molecule has 0 bridgehead atoms. The van der Waals surface area contributed by atoms with E-state index in [-0.39, 0.29) is 5.91 Å². The van der Waals surface area contributed by atoms with Crippen molar-refractivity contribution in [1.82, 2.24) is 4.90 Å². The third kappa shape index (κ3) is 3.52. The van der Waals surface area contributed by atoms with Crippen LogP contribution in [0.5, 0.6) is 0 Å². The summed E-state index contributed by atoms with van der Waals surface area (Å²) in [7, 11) is 0. The molecule has 1 amide bonds. The molecule has 1 heterocycles. The Morgan fingerprint density at radius 2 is 1.87 bits per heavy atom. The fourth-order valence-electron chi connectivity index (χ4n) is 3.65. The number of aliphatic imine (C=N–C) groups is 1. The Balaban J connectivity index is 1.82. The van der Waals surface area contributed by atoms with E-state index in [1.165, 1.54) is 12.0 Å². The van der Waals surface area contributed by atoms with Gasteiger partial charge in [0.15, 0.2) is 0 Å². The maximum atomic E-state index is 13.1. The quantitative estimate of drug-likeness (QED) is 0.704. The maximum Gasteiger partial charge on any atom is 0.256 e. The molecular formula is C19H25BrN2O. The number of carbonyl (C=O) groups excluding carboxylic acids is 1. The van der Waals surface area contributed by atoms with Crippen molar-refractivity contribution in [2.45, 2.75) is 70.4 Å². The molecule has 23 heavy (non-hydrogen) atoms. The molecule has 1 fully saturated rings. The molecule has 2 aliphatic rings. The first-order chi connectivity index (χ1) is 11.1. The minimum absolute atomic E-state index is 0.242. The molecule has 0 N–H and O–H groups in total. The Morgan fingerprint density at radius 1 is 1.17 bits per heavy atom. The van der Waals surface area contributed by atoms with Crippen LogP contribution in [0.1, 0.15) is 63.9 Å². The zero-order valence-electron chi connectivity index (χ0n) is 13.9. The van der Waals surface area contributed by atoms with Crippen molar-refractivity contribution >= 4 is 27.7 Å². The third-order valence-corrected chi connectivity index (χ3v) is 5.52. The summed E-state index contributed by atoms with van der Waals surface area (Å²) >= 11 is 3.47. The third-order valence-electron chi connectivity index (χ3n) is 4.99. The molecule has 1 aliphatic carbocycles. The largest absolute Gasteiger partial charge is 0.294 e. The fourth-order valence-corrected chi connectivity index (χ4v) is 3.91. The molecule has 0 radical (unpaired) electrons. The lowest BCUT2D eigenvalue weighted by Gasteiger charge is -2.29. The van der Waals surface area contributed by atoms with Gasteiger partial charge in [-0.05, 0) is 37.0 Å². The number of rotatable bonds is 5. The van der Waals surface area contributed by atoms with Crippen LogP contribution >= 0.6 is 15.9 Å². The molecule has 1 spiro atoms. The molecule has 3 nitrogen and oxygen atoms in total. The highest BCUT2D eigenvalue weighted by molar-refractivity contribution is 9.10. The van der Waals surface area contributed by atoms with E-state index < -0.39 is 5.54 Å². The summed E-state index contributed by atoms with van der Waals surface area (Å²) in [6, 6.07) is 8.24. The van der Waals surface area contributed by atoms with Gasteiger partial charge in [0, 0.05) is 10.9 Å². The van der Waals surface area contributed by atoms with Crippen molar-refractivity contribution in [3.05, 3.63) is 34.3 Å². The van der Waals surface area contributed by atoms with E-state index in [9.17, 15) is 4.79 Å². The standard InChI is InChI=1S/C19H25BrN2O/c1-2-3-7-17-21-19(12-5-4-6-13-19)18(23)22(17)14-15-8-10-16(20)11-9-15/h8-11H,2-7,12-14H2,1H3. The molecule has 0 saturated heterocycles. The van der Waals surface area contributed by atoms with E-state index in [0.29, 0.717) is 6.54 Å². The molecule has 1 aromatic carbocycles. The van der Waals surface area contributed by atoms with Crippen LogP contribution in [0.15, 0.2) is 33.7 Å². The normalized spacial score (nSPS) is 20.2. The summed E-state index contributed by atoms with van der Waals surface area (Å²) in [5, 5.41) is 0. The van der Waals surface area contributed by atoms with Crippen LogP contribution in [0.25, 0.3) is 0 Å². The number of unbranched alkanes of at least 4 members (excludes halogenated alkanes) is 1. The Labute approximate surface area is 147 Å². The molecule has 1 aromatic rings. The monoisotopic (exact) mass is 376 g/mol. The van der Waals surface area contributed by atoms with Crippen molar-refractivity contribution in [3.63, 3.8) is 0 Å². The number of amides is 1. The first-order valence-electron chi connectivity index (χ1n) is 8.80. The van der Waals surface area contributed by atoms with Crippen LogP contribution in [0.4, 0.5) is 0 Å². The van der Waals surface area contributed by atoms with Gasteiger partial charge in [0.25, 0.3) is 5.91 Å². The Morgan fingerprint density at radius 3 is 2.52 bits per heavy atom. The summed E-state index contributed by atoms with van der Waals surface area (Å²) in [6.07, 6.45) is 8.49. The highest BCUT2D eigenvalue weighted by atomic mass is 79.9. The Bertz CT molecular complexity index is 588. The van der Waals surface area contributed by atoms with E-state index in [1.807, 2.05) is 17.0 Å². The molecule has 0 unspecified atom stereocenters. The van der Waals surface area contributed by atoms with E-state index in [1.54, 1.807) is 0 Å². The van der Waals surface area contributed by atoms with Gasteiger partial charge in [-0.3, -0.25) is 14.7 Å². The van der Waals surface area contributed by atoms with Crippen LogP contribution < -0.4 is 0 Å². The van der Waals surface area contributed by atoms with E-state index in [4.69, 9.17) is 4.99 Å². The highest BCUT2D eigenvalue weighted by Gasteiger charge is 2.47. The fraction of sp³-hybridized carbons (Fsp3) is 0.579.